The van der Waals surface area contributed by atoms with Crippen molar-refractivity contribution in [3.05, 3.63) is 18.2 Å². The van der Waals surface area contributed by atoms with Crippen molar-refractivity contribution < 1.29 is 18.5 Å². The van der Waals surface area contributed by atoms with Crippen LogP contribution in [-0.4, -0.2) is 53.6 Å². The molecule has 1 aromatic carbocycles. The summed E-state index contributed by atoms with van der Waals surface area (Å²) in [5.41, 5.74) is 6.01. The van der Waals surface area contributed by atoms with Crippen molar-refractivity contribution in [2.75, 3.05) is 32.6 Å². The first kappa shape index (κ1) is 19.7. The summed E-state index contributed by atoms with van der Waals surface area (Å²) in [5, 5.41) is 0. The maximum absolute atomic E-state index is 12.4. The minimum Gasteiger partial charge on any atom is -0.486 e. The number of fused-ring (bicyclic) bond motifs is 1. The predicted octanol–water partition coefficient (Wildman–Crippen LogP) is 1.79. The van der Waals surface area contributed by atoms with Gasteiger partial charge in [-0.15, -0.1) is 0 Å². The molecular weight excluding hydrogens is 340 g/mol. The van der Waals surface area contributed by atoms with Gasteiger partial charge in [0.25, 0.3) is 0 Å². The van der Waals surface area contributed by atoms with E-state index in [0.717, 1.165) is 6.42 Å². The van der Waals surface area contributed by atoms with Crippen LogP contribution in [-0.2, 0) is 15.6 Å². The van der Waals surface area contributed by atoms with E-state index in [0.29, 0.717) is 47.8 Å². The maximum Gasteiger partial charge on any atom is 0.223 e. The number of ether oxygens (including phenoxy) is 2. The Labute approximate surface area is 152 Å². The predicted molar refractivity (Wildman–Crippen MR) is 98.4 cm³/mol. The number of carbonyl (C=O) groups excluding carboxylic acids is 1. The van der Waals surface area contributed by atoms with Crippen LogP contribution in [0.4, 0.5) is 0 Å². The van der Waals surface area contributed by atoms with E-state index < -0.39 is 10.8 Å². The van der Waals surface area contributed by atoms with Gasteiger partial charge >= 0.3 is 0 Å². The van der Waals surface area contributed by atoms with Crippen molar-refractivity contribution in [3.63, 3.8) is 0 Å². The second-order valence-corrected chi connectivity index (χ2v) is 8.19. The fourth-order valence-electron chi connectivity index (χ4n) is 2.45. The third-order valence-corrected chi connectivity index (χ3v) is 5.71. The molecule has 0 aromatic heterocycles. The first-order valence-corrected chi connectivity index (χ1v) is 9.98. The third-order valence-electron chi connectivity index (χ3n) is 4.36. The van der Waals surface area contributed by atoms with Gasteiger partial charge < -0.3 is 20.1 Å². The summed E-state index contributed by atoms with van der Waals surface area (Å²) in [6.07, 6.45) is 1.01. The molecule has 0 saturated heterocycles. The molecule has 2 atom stereocenters. The van der Waals surface area contributed by atoms with Crippen molar-refractivity contribution in [1.29, 1.82) is 0 Å². The highest BCUT2D eigenvalue weighted by atomic mass is 32.2. The van der Waals surface area contributed by atoms with Crippen molar-refractivity contribution in [3.8, 4) is 11.5 Å². The smallest absolute Gasteiger partial charge is 0.223 e. The van der Waals surface area contributed by atoms with E-state index in [2.05, 4.69) is 13.8 Å². The number of hydrogen-bond donors (Lipinski definition) is 1. The van der Waals surface area contributed by atoms with Crippen molar-refractivity contribution >= 4 is 16.7 Å². The van der Waals surface area contributed by atoms with Crippen LogP contribution in [0.5, 0.6) is 11.5 Å². The molecule has 0 aliphatic carbocycles. The molecule has 0 radical (unpaired) electrons. The van der Waals surface area contributed by atoms with Gasteiger partial charge in [-0.25, -0.2) is 0 Å². The van der Waals surface area contributed by atoms with E-state index in [1.807, 2.05) is 0 Å². The molecule has 1 amide bonds. The SMILES string of the molecule is CC(C)C(N)CCN(C)C(=O)CCS(=O)c1ccc2c(c1)OCCO2. The standard InChI is InChI=1S/C18H28N2O4S/c1-13(2)15(19)6-8-20(3)18(21)7-11-25(22)14-4-5-16-17(12-14)24-10-9-23-16/h4-5,12-13,15H,6-11,19H2,1-3H3. The molecule has 1 aliphatic rings. The third kappa shape index (κ3) is 5.71. The van der Waals surface area contributed by atoms with Crippen molar-refractivity contribution in [2.24, 2.45) is 11.7 Å². The van der Waals surface area contributed by atoms with E-state index in [1.54, 1.807) is 30.1 Å². The van der Waals surface area contributed by atoms with E-state index in [4.69, 9.17) is 15.2 Å². The van der Waals surface area contributed by atoms with E-state index in [1.165, 1.54) is 0 Å². The van der Waals surface area contributed by atoms with E-state index in [9.17, 15) is 9.00 Å². The zero-order chi connectivity index (χ0) is 18.4. The Kier molecular flexibility index (Phi) is 7.25. The largest absolute Gasteiger partial charge is 0.486 e. The van der Waals surface area contributed by atoms with E-state index >= 15 is 0 Å². The fourth-order valence-corrected chi connectivity index (χ4v) is 3.51. The summed E-state index contributed by atoms with van der Waals surface area (Å²) in [6, 6.07) is 5.35. The Balaban J connectivity index is 1.81. The average Bonchev–Trinajstić information content (AvgIpc) is 2.62. The maximum atomic E-state index is 12.4. The quantitative estimate of drug-likeness (QED) is 0.756. The van der Waals surface area contributed by atoms with Crippen LogP contribution in [0.1, 0.15) is 26.7 Å². The van der Waals surface area contributed by atoms with Gasteiger partial charge in [-0.2, -0.15) is 0 Å². The monoisotopic (exact) mass is 368 g/mol. The zero-order valence-electron chi connectivity index (χ0n) is 15.2. The highest BCUT2D eigenvalue weighted by Gasteiger charge is 2.17. The first-order chi connectivity index (χ1) is 11.9. The molecule has 6 nitrogen and oxygen atoms in total. The highest BCUT2D eigenvalue weighted by molar-refractivity contribution is 7.85. The van der Waals surface area contributed by atoms with Gasteiger partial charge in [0, 0.05) is 42.8 Å². The Morgan fingerprint density at radius 3 is 2.64 bits per heavy atom. The second-order valence-electron chi connectivity index (χ2n) is 6.62. The van der Waals surface area contributed by atoms with E-state index in [-0.39, 0.29) is 18.4 Å². The lowest BCUT2D eigenvalue weighted by Gasteiger charge is -2.21. The number of nitrogens with two attached hydrogens (primary N) is 1. The molecule has 1 heterocycles. The number of carbonyl (C=O) groups is 1. The van der Waals surface area contributed by atoms with Crippen LogP contribution in [0.3, 0.4) is 0 Å². The Hall–Kier alpha value is -1.60. The number of amides is 1. The number of hydrogen-bond acceptors (Lipinski definition) is 5. The van der Waals surface area contributed by atoms with Gasteiger partial charge in [-0.05, 0) is 24.5 Å². The lowest BCUT2D eigenvalue weighted by Crippen LogP contribution is -2.35. The minimum absolute atomic E-state index is 0.0122. The van der Waals surface area contributed by atoms with Crippen LogP contribution < -0.4 is 15.2 Å². The summed E-state index contributed by atoms with van der Waals surface area (Å²) in [5.74, 6) is 1.96. The van der Waals surface area contributed by atoms with Gasteiger partial charge in [-0.1, -0.05) is 13.8 Å². The van der Waals surface area contributed by atoms with Crippen molar-refractivity contribution in [1.82, 2.24) is 4.90 Å². The van der Waals surface area contributed by atoms with Gasteiger partial charge in [0.15, 0.2) is 11.5 Å². The number of nitrogens with zero attached hydrogens (tertiary/aromatic N) is 1. The first-order valence-electron chi connectivity index (χ1n) is 8.66. The van der Waals surface area contributed by atoms with Crippen molar-refractivity contribution in [2.45, 2.75) is 37.6 Å². The molecule has 2 rings (SSSR count). The molecular formula is C18H28N2O4S. The average molecular weight is 368 g/mol. The topological polar surface area (TPSA) is 81.9 Å². The number of benzene rings is 1. The molecule has 2 unspecified atom stereocenters. The Bertz CT molecular complexity index is 621. The molecule has 0 spiro atoms. The number of rotatable bonds is 8. The zero-order valence-corrected chi connectivity index (χ0v) is 16.0. The van der Waals surface area contributed by atoms with Gasteiger partial charge in [0.1, 0.15) is 13.2 Å². The van der Waals surface area contributed by atoms with Crippen LogP contribution in [0.25, 0.3) is 0 Å². The summed E-state index contributed by atoms with van der Waals surface area (Å²) in [7, 11) is 0.520. The van der Waals surface area contributed by atoms with Crippen LogP contribution in [0.2, 0.25) is 0 Å². The molecule has 140 valence electrons. The van der Waals surface area contributed by atoms with Gasteiger partial charge in [0.2, 0.25) is 5.91 Å². The molecule has 7 heteroatoms. The molecule has 25 heavy (non-hydrogen) atoms. The lowest BCUT2D eigenvalue weighted by atomic mass is 10.0. The summed E-state index contributed by atoms with van der Waals surface area (Å²) < 4.78 is 23.4. The lowest BCUT2D eigenvalue weighted by molar-refractivity contribution is -0.129. The normalized spacial score (nSPS) is 15.7. The van der Waals surface area contributed by atoms with Crippen LogP contribution in [0, 0.1) is 5.92 Å². The highest BCUT2D eigenvalue weighted by Crippen LogP contribution is 2.31. The Morgan fingerprint density at radius 1 is 1.28 bits per heavy atom. The van der Waals surface area contributed by atoms with Crippen LogP contribution >= 0.6 is 0 Å². The molecule has 0 saturated carbocycles. The molecule has 2 N–H and O–H groups in total. The summed E-state index contributed by atoms with van der Waals surface area (Å²) in [6.45, 7) is 5.78. The second kappa shape index (κ2) is 9.20. The summed E-state index contributed by atoms with van der Waals surface area (Å²) >= 11 is 0. The molecule has 1 aliphatic heterocycles. The molecule has 1 aromatic rings. The Morgan fingerprint density at radius 2 is 1.96 bits per heavy atom. The fraction of sp³-hybridized carbons (Fsp3) is 0.611. The summed E-state index contributed by atoms with van der Waals surface area (Å²) in [4.78, 5) is 14.5. The minimum atomic E-state index is -1.25. The van der Waals surface area contributed by atoms with Crippen LogP contribution in [0.15, 0.2) is 23.1 Å². The molecule has 0 bridgehead atoms. The molecule has 0 fully saturated rings. The van der Waals surface area contributed by atoms with Gasteiger partial charge in [0.05, 0.1) is 10.8 Å². The van der Waals surface area contributed by atoms with Gasteiger partial charge in [-0.3, -0.25) is 9.00 Å².